The Kier molecular flexibility index (Phi) is 7.28. The number of carbonyl (C=O) groups excluding carboxylic acids is 1. The molecule has 8 nitrogen and oxygen atoms in total. The summed E-state index contributed by atoms with van der Waals surface area (Å²) in [5.74, 6) is -1.20. The summed E-state index contributed by atoms with van der Waals surface area (Å²) < 4.78 is 0. The van der Waals surface area contributed by atoms with Gasteiger partial charge in [-0.25, -0.2) is 9.78 Å². The molecule has 47 heavy (non-hydrogen) atoms. The topological polar surface area (TPSA) is 131 Å². The summed E-state index contributed by atoms with van der Waals surface area (Å²) in [4.78, 5) is 36.8. The second-order valence-electron chi connectivity index (χ2n) is 13.0. The lowest BCUT2D eigenvalue weighted by Crippen LogP contribution is -2.42. The predicted molar refractivity (Wildman–Crippen MR) is 186 cm³/mol. The van der Waals surface area contributed by atoms with Gasteiger partial charge >= 0.3 is 5.97 Å². The van der Waals surface area contributed by atoms with Crippen molar-refractivity contribution >= 4 is 44.6 Å². The summed E-state index contributed by atoms with van der Waals surface area (Å²) in [5.41, 5.74) is 7.57. The van der Waals surface area contributed by atoms with E-state index in [-0.39, 0.29) is 23.1 Å². The molecule has 5 aromatic carbocycles. The number of benzene rings is 5. The molecule has 234 valence electrons. The zero-order valence-electron chi connectivity index (χ0n) is 26.3. The average molecular weight is 623 g/mol. The Balaban J connectivity index is 1.17. The number of hydrogen-bond acceptors (Lipinski definition) is 4. The van der Waals surface area contributed by atoms with Gasteiger partial charge in [-0.2, -0.15) is 0 Å². The average Bonchev–Trinajstić information content (AvgIpc) is 3.68. The molecule has 5 N–H and O–H groups in total. The number of phenols is 1. The number of nitrogens with zero attached hydrogens (tertiary/aromatic N) is 1. The van der Waals surface area contributed by atoms with E-state index in [1.54, 1.807) is 12.3 Å². The summed E-state index contributed by atoms with van der Waals surface area (Å²) in [5, 5.41) is 25.7. The van der Waals surface area contributed by atoms with E-state index in [9.17, 15) is 19.8 Å². The van der Waals surface area contributed by atoms with Gasteiger partial charge in [0.25, 0.3) is 5.91 Å². The number of amides is 1. The molecule has 8 heteroatoms. The van der Waals surface area contributed by atoms with Gasteiger partial charge in [0, 0.05) is 34.6 Å². The third-order valence-corrected chi connectivity index (χ3v) is 8.73. The van der Waals surface area contributed by atoms with Crippen LogP contribution < -0.4 is 5.32 Å². The number of aromatic nitrogens is 3. The van der Waals surface area contributed by atoms with Crippen molar-refractivity contribution in [3.05, 3.63) is 120 Å². The van der Waals surface area contributed by atoms with Gasteiger partial charge in [-0.15, -0.1) is 0 Å². The number of fused-ring (bicyclic) bond motifs is 4. The molecular weight excluding hydrogens is 588 g/mol. The molecule has 1 unspecified atom stereocenters. The molecule has 1 amide bonds. The smallest absolute Gasteiger partial charge is 0.326 e. The Labute approximate surface area is 271 Å². The van der Waals surface area contributed by atoms with Crippen LogP contribution in [0.5, 0.6) is 5.75 Å². The summed E-state index contributed by atoms with van der Waals surface area (Å²) in [6.07, 6.45) is 1.86. The number of hydrogen-bond donors (Lipinski definition) is 5. The number of carboxylic acids is 1. The fourth-order valence-electron chi connectivity index (χ4n) is 6.15. The summed E-state index contributed by atoms with van der Waals surface area (Å²) >= 11 is 0. The maximum Gasteiger partial charge on any atom is 0.326 e. The second kappa shape index (κ2) is 11.5. The van der Waals surface area contributed by atoms with Gasteiger partial charge in [-0.05, 0) is 63.4 Å². The number of para-hydroxylation sites is 1. The fourth-order valence-corrected chi connectivity index (χ4v) is 6.15. The lowest BCUT2D eigenvalue weighted by atomic mass is 9.86. The van der Waals surface area contributed by atoms with Crippen LogP contribution in [0.2, 0.25) is 0 Å². The Bertz CT molecular complexity index is 2310. The van der Waals surface area contributed by atoms with E-state index < -0.39 is 17.9 Å². The van der Waals surface area contributed by atoms with Crippen molar-refractivity contribution < 1.29 is 19.8 Å². The van der Waals surface area contributed by atoms with E-state index in [0.29, 0.717) is 22.1 Å². The molecule has 2 aromatic heterocycles. The van der Waals surface area contributed by atoms with Gasteiger partial charge in [0.2, 0.25) is 0 Å². The van der Waals surface area contributed by atoms with Gasteiger partial charge in [0.15, 0.2) is 0 Å². The van der Waals surface area contributed by atoms with Gasteiger partial charge in [0.05, 0.1) is 10.9 Å². The molecule has 0 aliphatic rings. The highest BCUT2D eigenvalue weighted by Crippen LogP contribution is 2.35. The molecule has 0 saturated heterocycles. The van der Waals surface area contributed by atoms with E-state index in [2.05, 4.69) is 72.5 Å². The van der Waals surface area contributed by atoms with Gasteiger partial charge in [-0.1, -0.05) is 87.5 Å². The number of rotatable bonds is 7. The maximum atomic E-state index is 13.3. The minimum Gasteiger partial charge on any atom is -0.507 e. The van der Waals surface area contributed by atoms with E-state index in [1.165, 1.54) is 11.6 Å². The number of phenolic OH excluding ortho intramolecular Hbond substituents is 1. The number of carbonyl (C=O) groups is 2. The number of aromatic hydroxyl groups is 1. The number of H-pyrrole nitrogens is 2. The normalized spacial score (nSPS) is 12.5. The van der Waals surface area contributed by atoms with E-state index in [4.69, 9.17) is 4.98 Å². The molecule has 0 saturated carbocycles. The van der Waals surface area contributed by atoms with Crippen molar-refractivity contribution in [1.29, 1.82) is 0 Å². The number of aliphatic carboxylic acids is 1. The van der Waals surface area contributed by atoms with Crippen molar-refractivity contribution in [3.8, 4) is 28.3 Å². The minimum atomic E-state index is -1.16. The van der Waals surface area contributed by atoms with Crippen LogP contribution in [0.1, 0.15) is 42.3 Å². The highest BCUT2D eigenvalue weighted by atomic mass is 16.4. The first-order valence-electron chi connectivity index (χ1n) is 15.5. The lowest BCUT2D eigenvalue weighted by Gasteiger charge is -2.19. The molecular formula is C39H34N4O4. The van der Waals surface area contributed by atoms with Crippen LogP contribution in [0.4, 0.5) is 0 Å². The largest absolute Gasteiger partial charge is 0.507 e. The van der Waals surface area contributed by atoms with Crippen LogP contribution in [0.15, 0.2) is 103 Å². The first-order chi connectivity index (χ1) is 22.5. The number of aromatic amines is 2. The molecule has 7 rings (SSSR count). The van der Waals surface area contributed by atoms with E-state index >= 15 is 0 Å². The van der Waals surface area contributed by atoms with Crippen LogP contribution in [-0.4, -0.2) is 43.1 Å². The van der Waals surface area contributed by atoms with Crippen molar-refractivity contribution in [3.63, 3.8) is 0 Å². The monoisotopic (exact) mass is 622 g/mol. The highest BCUT2D eigenvalue weighted by molar-refractivity contribution is 6.11. The van der Waals surface area contributed by atoms with Crippen LogP contribution in [0, 0.1) is 0 Å². The standard InChI is InChI=1S/C39H34N4O4/c1-39(2,3)28-14-11-22(12-15-28)23-7-6-8-25(17-23)36-41-31-16-13-24-18-26(20-33(44)34(24)35(31)43-36)37(45)42-32(38(46)47)19-27-21-40-30-10-5-4-9-29(27)30/h4-18,20-21,32,40,44H,19H2,1-3H3,(H,41,43)(H,42,45)(H,46,47). The van der Waals surface area contributed by atoms with Crippen molar-refractivity contribution in [2.75, 3.05) is 0 Å². The van der Waals surface area contributed by atoms with Crippen molar-refractivity contribution in [2.24, 2.45) is 0 Å². The molecule has 0 radical (unpaired) electrons. The molecule has 2 heterocycles. The van der Waals surface area contributed by atoms with Crippen LogP contribution in [0.3, 0.4) is 0 Å². The van der Waals surface area contributed by atoms with Crippen molar-refractivity contribution in [2.45, 2.75) is 38.6 Å². The van der Waals surface area contributed by atoms with Crippen LogP contribution in [-0.2, 0) is 16.6 Å². The highest BCUT2D eigenvalue weighted by Gasteiger charge is 2.24. The van der Waals surface area contributed by atoms with Crippen LogP contribution >= 0.6 is 0 Å². The molecule has 0 fully saturated rings. The Morgan fingerprint density at radius 2 is 1.62 bits per heavy atom. The predicted octanol–water partition coefficient (Wildman–Crippen LogP) is 7.96. The Morgan fingerprint density at radius 1 is 0.851 bits per heavy atom. The number of imidazole rings is 1. The van der Waals surface area contributed by atoms with E-state index in [0.717, 1.165) is 38.7 Å². The summed E-state index contributed by atoms with van der Waals surface area (Å²) in [6, 6.07) is 29.9. The molecule has 0 bridgehead atoms. The third kappa shape index (κ3) is 5.70. The Hall–Kier alpha value is -5.89. The molecule has 1 atom stereocenters. The first-order valence-corrected chi connectivity index (χ1v) is 15.5. The second-order valence-corrected chi connectivity index (χ2v) is 13.0. The molecule has 0 aliphatic carbocycles. The number of carboxylic acid groups (broad SMARTS) is 1. The number of nitrogens with one attached hydrogen (secondary N) is 3. The summed E-state index contributed by atoms with van der Waals surface area (Å²) in [6.45, 7) is 6.59. The quantitative estimate of drug-likeness (QED) is 0.123. The van der Waals surface area contributed by atoms with Crippen LogP contribution in [0.25, 0.3) is 55.2 Å². The fraction of sp³-hybridized carbons (Fsp3) is 0.154. The first kappa shape index (κ1) is 29.8. The zero-order chi connectivity index (χ0) is 32.9. The SMILES string of the molecule is CC(C)(C)c1ccc(-c2cccc(-c3nc4c(ccc5cc(C(=O)NC(Cc6c[nH]c7ccccc67)C(=O)O)cc(O)c54)[nH]3)c2)cc1. The Morgan fingerprint density at radius 3 is 2.38 bits per heavy atom. The van der Waals surface area contributed by atoms with E-state index in [1.807, 2.05) is 48.5 Å². The molecule has 0 spiro atoms. The van der Waals surface area contributed by atoms with Gasteiger partial charge < -0.3 is 25.5 Å². The molecule has 7 aromatic rings. The van der Waals surface area contributed by atoms with Crippen molar-refractivity contribution in [1.82, 2.24) is 20.3 Å². The third-order valence-electron chi connectivity index (χ3n) is 8.73. The van der Waals surface area contributed by atoms with Gasteiger partial charge in [0.1, 0.15) is 23.1 Å². The lowest BCUT2D eigenvalue weighted by molar-refractivity contribution is -0.139. The van der Waals surface area contributed by atoms with Gasteiger partial charge in [-0.3, -0.25) is 4.79 Å². The minimum absolute atomic E-state index is 0.0763. The maximum absolute atomic E-state index is 13.3. The zero-order valence-corrected chi connectivity index (χ0v) is 26.3. The molecule has 0 aliphatic heterocycles. The summed E-state index contributed by atoms with van der Waals surface area (Å²) in [7, 11) is 0.